The zero-order valence-electron chi connectivity index (χ0n) is 13.1. The van der Waals surface area contributed by atoms with Gasteiger partial charge in [0.05, 0.1) is 11.6 Å². The summed E-state index contributed by atoms with van der Waals surface area (Å²) in [5.41, 5.74) is 2.61. The molecule has 0 N–H and O–H groups in total. The second-order valence-corrected chi connectivity index (χ2v) is 6.93. The van der Waals surface area contributed by atoms with E-state index in [1.165, 1.54) is 4.90 Å². The van der Waals surface area contributed by atoms with Crippen LogP contribution in [0.1, 0.15) is 17.9 Å². The number of benzene rings is 2. The summed E-state index contributed by atoms with van der Waals surface area (Å²) >= 11 is 3.37. The molecule has 1 atom stereocenters. The Balaban J connectivity index is 1.76. The van der Waals surface area contributed by atoms with Gasteiger partial charge in [-0.15, -0.1) is 0 Å². The molecule has 2 aromatic carbocycles. The lowest BCUT2D eigenvalue weighted by Gasteiger charge is -2.15. The zero-order valence-corrected chi connectivity index (χ0v) is 14.7. The van der Waals surface area contributed by atoms with Gasteiger partial charge in [-0.05, 0) is 35.9 Å². The summed E-state index contributed by atoms with van der Waals surface area (Å²) in [5.74, 6) is -0.730. The van der Waals surface area contributed by atoms with E-state index in [1.807, 2.05) is 54.2 Å². The fourth-order valence-electron chi connectivity index (χ4n) is 3.39. The molecule has 0 spiro atoms. The molecule has 1 aliphatic heterocycles. The van der Waals surface area contributed by atoms with E-state index in [2.05, 4.69) is 15.9 Å². The molecule has 4 rings (SSSR count). The molecule has 5 heteroatoms. The molecule has 2 amide bonds. The lowest BCUT2D eigenvalue weighted by molar-refractivity contribution is -0.121. The standard InChI is InChI=1S/C19H15BrN2O2/c1-21-11-16(14-4-2-3-5-17(14)21)15-10-18(23)22(19(15)24)13-8-6-12(20)7-9-13/h2-9,11,15H,10H2,1H3. The summed E-state index contributed by atoms with van der Waals surface area (Å²) in [6.07, 6.45) is 2.18. The quantitative estimate of drug-likeness (QED) is 0.628. The van der Waals surface area contributed by atoms with Crippen LogP contribution in [0.15, 0.2) is 59.2 Å². The van der Waals surface area contributed by atoms with Crippen molar-refractivity contribution in [2.45, 2.75) is 12.3 Å². The van der Waals surface area contributed by atoms with Crippen LogP contribution in [-0.4, -0.2) is 16.4 Å². The second kappa shape index (κ2) is 5.60. The van der Waals surface area contributed by atoms with Crippen molar-refractivity contribution in [3.05, 3.63) is 64.8 Å². The number of amides is 2. The van der Waals surface area contributed by atoms with Gasteiger partial charge >= 0.3 is 0 Å². The van der Waals surface area contributed by atoms with Crippen molar-refractivity contribution >= 4 is 44.3 Å². The van der Waals surface area contributed by atoms with Crippen molar-refractivity contribution in [1.82, 2.24) is 4.57 Å². The molecule has 0 bridgehead atoms. The number of hydrogen-bond acceptors (Lipinski definition) is 2. The van der Waals surface area contributed by atoms with Crippen molar-refractivity contribution in [1.29, 1.82) is 0 Å². The summed E-state index contributed by atoms with van der Waals surface area (Å²) in [4.78, 5) is 26.7. The first-order valence-corrected chi connectivity index (χ1v) is 8.52. The minimum atomic E-state index is -0.424. The molecule has 1 aromatic heterocycles. The molecule has 24 heavy (non-hydrogen) atoms. The summed E-state index contributed by atoms with van der Waals surface area (Å²) < 4.78 is 2.92. The average Bonchev–Trinajstić information content (AvgIpc) is 3.06. The zero-order chi connectivity index (χ0) is 16.8. The Hall–Kier alpha value is -2.40. The van der Waals surface area contributed by atoms with Gasteiger partial charge in [0.1, 0.15) is 0 Å². The van der Waals surface area contributed by atoms with Crippen LogP contribution in [-0.2, 0) is 16.6 Å². The van der Waals surface area contributed by atoms with Gasteiger partial charge in [0, 0.05) is 35.0 Å². The number of imide groups is 1. The smallest absolute Gasteiger partial charge is 0.241 e. The highest BCUT2D eigenvalue weighted by Gasteiger charge is 2.41. The largest absolute Gasteiger partial charge is 0.350 e. The van der Waals surface area contributed by atoms with Crippen molar-refractivity contribution in [3.8, 4) is 0 Å². The van der Waals surface area contributed by atoms with E-state index < -0.39 is 5.92 Å². The monoisotopic (exact) mass is 382 g/mol. The highest BCUT2D eigenvalue weighted by atomic mass is 79.9. The highest BCUT2D eigenvalue weighted by molar-refractivity contribution is 9.10. The topological polar surface area (TPSA) is 42.3 Å². The molecule has 1 saturated heterocycles. The number of fused-ring (bicyclic) bond motifs is 1. The van der Waals surface area contributed by atoms with Crippen LogP contribution in [0.3, 0.4) is 0 Å². The molecule has 0 saturated carbocycles. The third-order valence-electron chi connectivity index (χ3n) is 4.53. The number of para-hydroxylation sites is 1. The van der Waals surface area contributed by atoms with Gasteiger partial charge < -0.3 is 4.57 Å². The number of anilines is 1. The molecule has 1 unspecified atom stereocenters. The molecule has 1 aliphatic rings. The average molecular weight is 383 g/mol. The van der Waals surface area contributed by atoms with Crippen LogP contribution in [0.25, 0.3) is 10.9 Å². The molecular formula is C19H15BrN2O2. The number of hydrogen-bond donors (Lipinski definition) is 0. The third-order valence-corrected chi connectivity index (χ3v) is 5.06. The Kier molecular flexibility index (Phi) is 3.53. The number of carbonyl (C=O) groups excluding carboxylic acids is 2. The van der Waals surface area contributed by atoms with E-state index in [-0.39, 0.29) is 18.2 Å². The maximum absolute atomic E-state index is 12.9. The van der Waals surface area contributed by atoms with Gasteiger partial charge in [-0.25, -0.2) is 0 Å². The first-order valence-electron chi connectivity index (χ1n) is 7.72. The van der Waals surface area contributed by atoms with Crippen LogP contribution in [0, 0.1) is 0 Å². The molecular weight excluding hydrogens is 368 g/mol. The maximum atomic E-state index is 12.9. The number of aryl methyl sites for hydroxylation is 1. The molecule has 4 nitrogen and oxygen atoms in total. The van der Waals surface area contributed by atoms with E-state index in [0.717, 1.165) is 20.9 Å². The fraction of sp³-hybridized carbons (Fsp3) is 0.158. The third kappa shape index (κ3) is 2.27. The number of rotatable bonds is 2. The number of nitrogens with zero attached hydrogens (tertiary/aromatic N) is 2. The van der Waals surface area contributed by atoms with Gasteiger partial charge in [-0.3, -0.25) is 14.5 Å². The summed E-state index contributed by atoms with van der Waals surface area (Å²) in [6.45, 7) is 0. The summed E-state index contributed by atoms with van der Waals surface area (Å²) in [6, 6.07) is 15.2. The van der Waals surface area contributed by atoms with Gasteiger partial charge in [0.2, 0.25) is 11.8 Å². The normalized spacial score (nSPS) is 17.9. The SMILES string of the molecule is Cn1cc(C2CC(=O)N(c3ccc(Br)cc3)C2=O)c2ccccc21. The first-order chi connectivity index (χ1) is 11.6. The molecule has 0 radical (unpaired) electrons. The van der Waals surface area contributed by atoms with Crippen molar-refractivity contribution in [2.75, 3.05) is 4.90 Å². The van der Waals surface area contributed by atoms with Crippen LogP contribution in [0.4, 0.5) is 5.69 Å². The van der Waals surface area contributed by atoms with E-state index in [1.54, 1.807) is 12.1 Å². The van der Waals surface area contributed by atoms with Gasteiger partial charge in [0.15, 0.2) is 0 Å². The lowest BCUT2D eigenvalue weighted by atomic mass is 9.97. The second-order valence-electron chi connectivity index (χ2n) is 6.01. The van der Waals surface area contributed by atoms with Gasteiger partial charge in [-0.2, -0.15) is 0 Å². The lowest BCUT2D eigenvalue weighted by Crippen LogP contribution is -2.29. The van der Waals surface area contributed by atoms with Crippen LogP contribution in [0.5, 0.6) is 0 Å². The number of carbonyl (C=O) groups is 2. The van der Waals surface area contributed by atoms with E-state index >= 15 is 0 Å². The Morgan fingerprint density at radius 2 is 1.75 bits per heavy atom. The highest BCUT2D eigenvalue weighted by Crippen LogP contribution is 2.37. The Labute approximate surface area is 147 Å². The molecule has 2 heterocycles. The molecule has 120 valence electrons. The number of aromatic nitrogens is 1. The minimum absolute atomic E-state index is 0.153. The summed E-state index contributed by atoms with van der Waals surface area (Å²) in [5, 5.41) is 1.03. The van der Waals surface area contributed by atoms with Gasteiger partial charge in [-0.1, -0.05) is 34.1 Å². The van der Waals surface area contributed by atoms with Gasteiger partial charge in [0.25, 0.3) is 0 Å². The first kappa shape index (κ1) is 15.1. The van der Waals surface area contributed by atoms with E-state index in [4.69, 9.17) is 0 Å². The molecule has 3 aromatic rings. The summed E-state index contributed by atoms with van der Waals surface area (Å²) in [7, 11) is 1.96. The van der Waals surface area contributed by atoms with Crippen molar-refractivity contribution in [3.63, 3.8) is 0 Å². The van der Waals surface area contributed by atoms with Crippen LogP contribution < -0.4 is 4.90 Å². The van der Waals surface area contributed by atoms with Crippen molar-refractivity contribution in [2.24, 2.45) is 7.05 Å². The van der Waals surface area contributed by atoms with Crippen LogP contribution in [0.2, 0.25) is 0 Å². The Morgan fingerprint density at radius 3 is 2.50 bits per heavy atom. The molecule has 1 fully saturated rings. The fourth-order valence-corrected chi connectivity index (χ4v) is 3.65. The molecule has 0 aliphatic carbocycles. The predicted molar refractivity (Wildman–Crippen MR) is 96.9 cm³/mol. The van der Waals surface area contributed by atoms with Crippen molar-refractivity contribution < 1.29 is 9.59 Å². The Bertz CT molecular complexity index is 959. The Morgan fingerprint density at radius 1 is 1.04 bits per heavy atom. The van der Waals surface area contributed by atoms with E-state index in [9.17, 15) is 9.59 Å². The van der Waals surface area contributed by atoms with E-state index in [0.29, 0.717) is 5.69 Å². The number of halogens is 1. The van der Waals surface area contributed by atoms with Crippen LogP contribution >= 0.6 is 15.9 Å². The minimum Gasteiger partial charge on any atom is -0.350 e. The predicted octanol–water partition coefficient (Wildman–Crippen LogP) is 3.99. The maximum Gasteiger partial charge on any atom is 0.241 e.